The molecule has 0 fully saturated rings. The molecule has 0 spiro atoms. The van der Waals surface area contributed by atoms with E-state index in [4.69, 9.17) is 4.42 Å². The van der Waals surface area contributed by atoms with Gasteiger partial charge in [-0.3, -0.25) is 0 Å². The van der Waals surface area contributed by atoms with E-state index in [2.05, 4.69) is 194 Å². The highest BCUT2D eigenvalue weighted by Gasteiger charge is 2.35. The number of para-hydroxylation sites is 3. The molecule has 0 N–H and O–H groups in total. The zero-order valence-electron chi connectivity index (χ0n) is 30.5. The van der Waals surface area contributed by atoms with Gasteiger partial charge in [-0.05, 0) is 107 Å². The molecule has 262 valence electrons. The van der Waals surface area contributed by atoms with Crippen LogP contribution in [0.1, 0.15) is 25.0 Å². The van der Waals surface area contributed by atoms with Crippen LogP contribution in [0.5, 0.6) is 0 Å². The number of fused-ring (bicyclic) bond motifs is 9. The highest BCUT2D eigenvalue weighted by atomic mass is 32.1. The number of hydrogen-bond donors (Lipinski definition) is 0. The average Bonchev–Trinajstić information content (AvgIpc) is 3.86. The molecule has 55 heavy (non-hydrogen) atoms. The van der Waals surface area contributed by atoms with E-state index in [1.165, 1.54) is 42.4 Å². The largest absolute Gasteiger partial charge is 0.456 e. The van der Waals surface area contributed by atoms with Gasteiger partial charge in [0, 0.05) is 76.6 Å². The lowest BCUT2D eigenvalue weighted by molar-refractivity contribution is 0.660. The fourth-order valence-electron chi connectivity index (χ4n) is 8.78. The second-order valence-electron chi connectivity index (χ2n) is 15.0. The van der Waals surface area contributed by atoms with Gasteiger partial charge in [0.1, 0.15) is 11.2 Å². The van der Waals surface area contributed by atoms with Crippen LogP contribution in [0.15, 0.2) is 186 Å². The van der Waals surface area contributed by atoms with Crippen molar-refractivity contribution < 1.29 is 4.42 Å². The summed E-state index contributed by atoms with van der Waals surface area (Å²) in [6.45, 7) is 4.68. The monoisotopic (exact) mass is 724 g/mol. The number of thiophene rings is 1. The van der Waals surface area contributed by atoms with Crippen LogP contribution in [0.25, 0.3) is 53.2 Å². The van der Waals surface area contributed by atoms with Crippen molar-refractivity contribution in [2.45, 2.75) is 19.3 Å². The number of hydrogen-bond acceptors (Lipinski definition) is 4. The van der Waals surface area contributed by atoms with Gasteiger partial charge in [0.25, 0.3) is 0 Å². The maximum absolute atomic E-state index is 6.44. The molecular weight excluding hydrogens is 689 g/mol. The molecule has 2 heterocycles. The standard InChI is InChI=1S/C51H36N2OS/c1-51(2)45-19-11-9-17-39(45)43-29-35(23-27-46(43)51)53(37-21-25-41-40-18-10-12-20-47(40)54-48(41)31-37)38-22-26-42-44-30-36(24-28-49(44)55-50(42)32-38)52(33-13-5-3-6-14-33)34-15-7-4-8-16-34/h3-32H,1-2H3. The molecule has 2 aromatic heterocycles. The van der Waals surface area contributed by atoms with Crippen LogP contribution in [-0.4, -0.2) is 0 Å². The molecule has 1 aliphatic carbocycles. The highest BCUT2D eigenvalue weighted by Crippen LogP contribution is 2.51. The zero-order valence-corrected chi connectivity index (χ0v) is 31.3. The van der Waals surface area contributed by atoms with Gasteiger partial charge in [-0.1, -0.05) is 105 Å². The summed E-state index contributed by atoms with van der Waals surface area (Å²) in [5, 5.41) is 4.77. The summed E-state index contributed by atoms with van der Waals surface area (Å²) >= 11 is 1.85. The molecule has 0 unspecified atom stereocenters. The molecule has 0 bridgehead atoms. The third-order valence-electron chi connectivity index (χ3n) is 11.4. The van der Waals surface area contributed by atoms with Crippen LogP contribution in [0.3, 0.4) is 0 Å². The first-order valence-corrected chi connectivity index (χ1v) is 19.7. The zero-order chi connectivity index (χ0) is 36.7. The molecule has 0 radical (unpaired) electrons. The minimum Gasteiger partial charge on any atom is -0.456 e. The smallest absolute Gasteiger partial charge is 0.137 e. The maximum atomic E-state index is 6.44. The quantitative estimate of drug-likeness (QED) is 0.170. The summed E-state index contributed by atoms with van der Waals surface area (Å²) in [5.74, 6) is 0. The third kappa shape index (κ3) is 5.02. The van der Waals surface area contributed by atoms with E-state index < -0.39 is 0 Å². The van der Waals surface area contributed by atoms with Crippen molar-refractivity contribution >= 4 is 87.6 Å². The predicted molar refractivity (Wildman–Crippen MR) is 234 cm³/mol. The van der Waals surface area contributed by atoms with Gasteiger partial charge < -0.3 is 14.2 Å². The van der Waals surface area contributed by atoms with E-state index in [0.717, 1.165) is 56.1 Å². The van der Waals surface area contributed by atoms with Crippen molar-refractivity contribution in [3.63, 3.8) is 0 Å². The number of nitrogens with zero attached hydrogens (tertiary/aromatic N) is 2. The Hall–Kier alpha value is -6.62. The summed E-state index contributed by atoms with van der Waals surface area (Å²) < 4.78 is 8.95. The fourth-order valence-corrected chi connectivity index (χ4v) is 9.90. The average molecular weight is 725 g/mol. The first-order chi connectivity index (χ1) is 27.0. The highest BCUT2D eigenvalue weighted by molar-refractivity contribution is 7.25. The topological polar surface area (TPSA) is 19.6 Å². The Bertz CT molecular complexity index is 3050. The molecule has 11 rings (SSSR count). The molecule has 0 aliphatic heterocycles. The lowest BCUT2D eigenvalue weighted by Crippen LogP contribution is -2.15. The Morgan fingerprint density at radius 1 is 0.382 bits per heavy atom. The van der Waals surface area contributed by atoms with E-state index in [9.17, 15) is 0 Å². The Balaban J connectivity index is 1.08. The molecule has 10 aromatic rings. The molecule has 4 heteroatoms. The Kier molecular flexibility index (Phi) is 7.07. The molecule has 3 nitrogen and oxygen atoms in total. The van der Waals surface area contributed by atoms with Crippen molar-refractivity contribution in [2.24, 2.45) is 0 Å². The fraction of sp³-hybridized carbons (Fsp3) is 0.0588. The van der Waals surface area contributed by atoms with Crippen molar-refractivity contribution in [1.82, 2.24) is 0 Å². The van der Waals surface area contributed by atoms with Crippen molar-refractivity contribution in [1.29, 1.82) is 0 Å². The van der Waals surface area contributed by atoms with Gasteiger partial charge >= 0.3 is 0 Å². The predicted octanol–water partition coefficient (Wildman–Crippen LogP) is 15.2. The Morgan fingerprint density at radius 3 is 1.75 bits per heavy atom. The van der Waals surface area contributed by atoms with Gasteiger partial charge in [-0.25, -0.2) is 0 Å². The number of anilines is 6. The minimum atomic E-state index is -0.0616. The van der Waals surface area contributed by atoms with Crippen LogP contribution < -0.4 is 9.80 Å². The summed E-state index contributed by atoms with van der Waals surface area (Å²) in [6, 6.07) is 65.9. The van der Waals surface area contributed by atoms with Crippen molar-refractivity contribution in [2.75, 3.05) is 9.80 Å². The summed E-state index contributed by atoms with van der Waals surface area (Å²) in [4.78, 5) is 4.73. The molecule has 0 saturated heterocycles. The van der Waals surface area contributed by atoms with Crippen LogP contribution in [-0.2, 0) is 5.41 Å². The lowest BCUT2D eigenvalue weighted by Gasteiger charge is -2.27. The van der Waals surface area contributed by atoms with E-state index in [1.807, 2.05) is 23.5 Å². The van der Waals surface area contributed by atoms with Crippen molar-refractivity contribution in [3.05, 3.63) is 193 Å². The maximum Gasteiger partial charge on any atom is 0.137 e. The van der Waals surface area contributed by atoms with Crippen LogP contribution in [0, 0.1) is 0 Å². The summed E-state index contributed by atoms with van der Waals surface area (Å²) in [7, 11) is 0. The molecule has 0 amide bonds. The molecule has 0 atom stereocenters. The second kappa shape index (κ2) is 12.2. The van der Waals surface area contributed by atoms with Gasteiger partial charge in [0.2, 0.25) is 0 Å². The Morgan fingerprint density at radius 2 is 0.945 bits per heavy atom. The first kappa shape index (κ1) is 31.9. The Labute approximate surface area is 323 Å². The van der Waals surface area contributed by atoms with Gasteiger partial charge in [0.05, 0.1) is 0 Å². The number of rotatable bonds is 6. The van der Waals surface area contributed by atoms with Crippen LogP contribution >= 0.6 is 11.3 Å². The molecular formula is C51H36N2OS. The number of furan rings is 1. The third-order valence-corrected chi connectivity index (χ3v) is 12.6. The van der Waals surface area contributed by atoms with Gasteiger partial charge in [-0.2, -0.15) is 0 Å². The van der Waals surface area contributed by atoms with Crippen molar-refractivity contribution in [3.8, 4) is 11.1 Å². The SMILES string of the molecule is CC1(C)c2ccccc2-c2cc(N(c3ccc4c(c3)oc3ccccc34)c3ccc4c(c3)sc3ccc(N(c5ccccc5)c5ccccc5)cc34)ccc21. The van der Waals surface area contributed by atoms with E-state index in [0.29, 0.717) is 0 Å². The first-order valence-electron chi connectivity index (χ1n) is 18.8. The second-order valence-corrected chi connectivity index (χ2v) is 16.1. The lowest BCUT2D eigenvalue weighted by atomic mass is 9.82. The minimum absolute atomic E-state index is 0.0616. The normalized spacial score (nSPS) is 13.1. The van der Waals surface area contributed by atoms with Gasteiger partial charge in [0.15, 0.2) is 0 Å². The summed E-state index contributed by atoms with van der Waals surface area (Å²) in [6.07, 6.45) is 0. The van der Waals surface area contributed by atoms with E-state index >= 15 is 0 Å². The molecule has 1 aliphatic rings. The van der Waals surface area contributed by atoms with E-state index in [1.54, 1.807) is 0 Å². The van der Waals surface area contributed by atoms with Crippen LogP contribution in [0.4, 0.5) is 34.1 Å². The summed E-state index contributed by atoms with van der Waals surface area (Å²) in [5.41, 5.74) is 13.8. The molecule has 8 aromatic carbocycles. The van der Waals surface area contributed by atoms with Gasteiger partial charge in [-0.15, -0.1) is 11.3 Å². The van der Waals surface area contributed by atoms with Crippen LogP contribution in [0.2, 0.25) is 0 Å². The molecule has 0 saturated carbocycles. The van der Waals surface area contributed by atoms with E-state index in [-0.39, 0.29) is 5.41 Å². The number of benzene rings is 8.